The highest BCUT2D eigenvalue weighted by Crippen LogP contribution is 2.11. The predicted octanol–water partition coefficient (Wildman–Crippen LogP) is 1.21. The Morgan fingerprint density at radius 1 is 1.56 bits per heavy atom. The molecule has 0 saturated heterocycles. The monoisotopic (exact) mass is 252 g/mol. The van der Waals surface area contributed by atoms with Crippen molar-refractivity contribution in [3.05, 3.63) is 39.9 Å². The maximum absolute atomic E-state index is 10.5. The Morgan fingerprint density at radius 2 is 2.17 bits per heavy atom. The third-order valence-electron chi connectivity index (χ3n) is 2.58. The van der Waals surface area contributed by atoms with Crippen LogP contribution in [0.1, 0.15) is 18.9 Å². The average Bonchev–Trinajstić information content (AvgIpc) is 2.39. The SMILES string of the molecule is CCC(NCc1ccc([N+](=O)[O-])cc1)C(N)=NO. The number of nitrogens with one attached hydrogen (secondary N) is 1. The van der Waals surface area contributed by atoms with Gasteiger partial charge < -0.3 is 16.3 Å². The van der Waals surface area contributed by atoms with Gasteiger partial charge in [-0.2, -0.15) is 0 Å². The zero-order valence-electron chi connectivity index (χ0n) is 10.0. The van der Waals surface area contributed by atoms with Gasteiger partial charge in [0.05, 0.1) is 11.0 Å². The summed E-state index contributed by atoms with van der Waals surface area (Å²) in [6.45, 7) is 2.40. The quantitative estimate of drug-likeness (QED) is 0.231. The molecule has 0 saturated carbocycles. The molecule has 4 N–H and O–H groups in total. The Balaban J connectivity index is 2.60. The van der Waals surface area contributed by atoms with Gasteiger partial charge >= 0.3 is 0 Å². The Morgan fingerprint density at radius 3 is 2.61 bits per heavy atom. The molecule has 0 heterocycles. The van der Waals surface area contributed by atoms with Crippen molar-refractivity contribution in [3.63, 3.8) is 0 Å². The molecule has 1 aromatic carbocycles. The molecular weight excluding hydrogens is 236 g/mol. The van der Waals surface area contributed by atoms with Crippen LogP contribution in [0.2, 0.25) is 0 Å². The first-order valence-corrected chi connectivity index (χ1v) is 5.52. The normalized spacial score (nSPS) is 13.3. The fourth-order valence-electron chi connectivity index (χ4n) is 1.50. The number of non-ortho nitro benzene ring substituents is 1. The lowest BCUT2D eigenvalue weighted by Gasteiger charge is -2.15. The predicted molar refractivity (Wildman–Crippen MR) is 67.4 cm³/mol. The number of amidine groups is 1. The van der Waals surface area contributed by atoms with Crippen LogP contribution >= 0.6 is 0 Å². The third-order valence-corrected chi connectivity index (χ3v) is 2.58. The first kappa shape index (κ1) is 13.9. The zero-order chi connectivity index (χ0) is 13.5. The second-order valence-corrected chi connectivity index (χ2v) is 3.79. The first-order chi connectivity index (χ1) is 8.58. The van der Waals surface area contributed by atoms with Crippen molar-refractivity contribution in [1.82, 2.24) is 5.32 Å². The molecule has 0 spiro atoms. The maximum Gasteiger partial charge on any atom is 0.269 e. The van der Waals surface area contributed by atoms with Crippen LogP contribution in [-0.4, -0.2) is 22.0 Å². The number of nitrogens with zero attached hydrogens (tertiary/aromatic N) is 2. The van der Waals surface area contributed by atoms with Crippen molar-refractivity contribution in [2.24, 2.45) is 10.9 Å². The van der Waals surface area contributed by atoms with E-state index in [4.69, 9.17) is 10.9 Å². The Kier molecular flexibility index (Phi) is 5.06. The van der Waals surface area contributed by atoms with E-state index in [1.54, 1.807) is 12.1 Å². The minimum absolute atomic E-state index is 0.0576. The molecule has 1 atom stereocenters. The van der Waals surface area contributed by atoms with E-state index in [1.165, 1.54) is 12.1 Å². The number of nitro groups is 1. The van der Waals surface area contributed by atoms with Crippen LogP contribution in [0, 0.1) is 10.1 Å². The summed E-state index contributed by atoms with van der Waals surface area (Å²) in [5.74, 6) is 0.124. The molecule has 1 unspecified atom stereocenters. The van der Waals surface area contributed by atoms with Gasteiger partial charge in [-0.05, 0) is 12.0 Å². The van der Waals surface area contributed by atoms with Crippen LogP contribution in [0.15, 0.2) is 29.4 Å². The number of nitrogens with two attached hydrogens (primary N) is 1. The molecule has 0 aliphatic carbocycles. The number of oxime groups is 1. The molecule has 7 heteroatoms. The van der Waals surface area contributed by atoms with Crippen LogP contribution < -0.4 is 11.1 Å². The summed E-state index contributed by atoms with van der Waals surface area (Å²) >= 11 is 0. The minimum Gasteiger partial charge on any atom is -0.409 e. The van der Waals surface area contributed by atoms with E-state index in [0.29, 0.717) is 13.0 Å². The fourth-order valence-corrected chi connectivity index (χ4v) is 1.50. The number of hydrogen-bond acceptors (Lipinski definition) is 5. The summed E-state index contributed by atoms with van der Waals surface area (Å²) in [7, 11) is 0. The van der Waals surface area contributed by atoms with Crippen LogP contribution in [0.25, 0.3) is 0 Å². The molecule has 0 fully saturated rings. The Bertz CT molecular complexity index is 430. The van der Waals surface area contributed by atoms with Crippen molar-refractivity contribution >= 4 is 11.5 Å². The van der Waals surface area contributed by atoms with Gasteiger partial charge in [0.25, 0.3) is 5.69 Å². The summed E-state index contributed by atoms with van der Waals surface area (Å²) in [5, 5.41) is 25.1. The second kappa shape index (κ2) is 6.55. The molecule has 0 aromatic heterocycles. The van der Waals surface area contributed by atoms with Crippen molar-refractivity contribution in [1.29, 1.82) is 0 Å². The van der Waals surface area contributed by atoms with E-state index in [9.17, 15) is 10.1 Å². The largest absolute Gasteiger partial charge is 0.409 e. The van der Waals surface area contributed by atoms with Gasteiger partial charge in [-0.3, -0.25) is 10.1 Å². The van der Waals surface area contributed by atoms with E-state index in [-0.39, 0.29) is 17.6 Å². The van der Waals surface area contributed by atoms with Crippen molar-refractivity contribution < 1.29 is 10.1 Å². The summed E-state index contributed by atoms with van der Waals surface area (Å²) < 4.78 is 0. The molecule has 0 radical (unpaired) electrons. The van der Waals surface area contributed by atoms with Crippen molar-refractivity contribution in [2.45, 2.75) is 25.9 Å². The Hall–Kier alpha value is -2.15. The number of nitro benzene ring substituents is 1. The Labute approximate surface area is 104 Å². The van der Waals surface area contributed by atoms with E-state index in [2.05, 4.69) is 10.5 Å². The highest BCUT2D eigenvalue weighted by Gasteiger charge is 2.11. The molecule has 98 valence electrons. The number of hydrogen-bond donors (Lipinski definition) is 3. The molecule has 0 aliphatic rings. The maximum atomic E-state index is 10.5. The number of rotatable bonds is 6. The molecule has 0 amide bonds. The van der Waals surface area contributed by atoms with E-state index in [0.717, 1.165) is 5.56 Å². The van der Waals surface area contributed by atoms with Crippen LogP contribution in [0.3, 0.4) is 0 Å². The van der Waals surface area contributed by atoms with Crippen molar-refractivity contribution in [3.8, 4) is 0 Å². The second-order valence-electron chi connectivity index (χ2n) is 3.79. The molecule has 1 rings (SSSR count). The summed E-state index contributed by atoms with van der Waals surface area (Å²) in [6.07, 6.45) is 0.683. The van der Waals surface area contributed by atoms with Crippen LogP contribution in [0.5, 0.6) is 0 Å². The molecule has 7 nitrogen and oxygen atoms in total. The zero-order valence-corrected chi connectivity index (χ0v) is 10.0. The summed E-state index contributed by atoms with van der Waals surface area (Å²) in [6, 6.07) is 6.02. The molecule has 18 heavy (non-hydrogen) atoms. The van der Waals surface area contributed by atoms with Crippen LogP contribution in [-0.2, 0) is 6.54 Å². The molecule has 1 aromatic rings. The van der Waals surface area contributed by atoms with E-state index >= 15 is 0 Å². The summed E-state index contributed by atoms with van der Waals surface area (Å²) in [5.41, 5.74) is 6.45. The van der Waals surface area contributed by atoms with E-state index < -0.39 is 4.92 Å². The molecular formula is C11H16N4O3. The van der Waals surface area contributed by atoms with Gasteiger partial charge in [0.2, 0.25) is 0 Å². The van der Waals surface area contributed by atoms with Gasteiger partial charge in [0, 0.05) is 18.7 Å². The summed E-state index contributed by atoms with van der Waals surface area (Å²) in [4.78, 5) is 10.0. The minimum atomic E-state index is -0.442. The molecule has 0 aliphatic heterocycles. The topological polar surface area (TPSA) is 114 Å². The highest BCUT2D eigenvalue weighted by molar-refractivity contribution is 5.85. The standard InChI is InChI=1S/C11H16N4O3/c1-2-10(11(12)14-16)13-7-8-3-5-9(6-4-8)15(17)18/h3-6,10,13,16H,2,7H2,1H3,(H2,12,14). The van der Waals surface area contributed by atoms with Gasteiger partial charge in [-0.15, -0.1) is 0 Å². The highest BCUT2D eigenvalue weighted by atomic mass is 16.6. The van der Waals surface area contributed by atoms with Crippen LogP contribution in [0.4, 0.5) is 5.69 Å². The van der Waals surface area contributed by atoms with Gasteiger partial charge in [-0.25, -0.2) is 0 Å². The fraction of sp³-hybridized carbons (Fsp3) is 0.364. The molecule has 0 bridgehead atoms. The average molecular weight is 252 g/mol. The first-order valence-electron chi connectivity index (χ1n) is 5.52. The number of benzene rings is 1. The smallest absolute Gasteiger partial charge is 0.269 e. The van der Waals surface area contributed by atoms with Crippen molar-refractivity contribution in [2.75, 3.05) is 0 Å². The lowest BCUT2D eigenvalue weighted by Crippen LogP contribution is -2.40. The van der Waals surface area contributed by atoms with Gasteiger partial charge in [-0.1, -0.05) is 24.2 Å². The lowest BCUT2D eigenvalue weighted by molar-refractivity contribution is -0.384. The van der Waals surface area contributed by atoms with Gasteiger partial charge in [0.15, 0.2) is 5.84 Å². The van der Waals surface area contributed by atoms with E-state index in [1.807, 2.05) is 6.92 Å². The third kappa shape index (κ3) is 3.70. The lowest BCUT2D eigenvalue weighted by atomic mass is 10.1. The van der Waals surface area contributed by atoms with Gasteiger partial charge in [0.1, 0.15) is 0 Å².